The molecule has 1 rings (SSSR count). The van der Waals surface area contributed by atoms with Crippen molar-refractivity contribution < 1.29 is 4.74 Å². The minimum Gasteiger partial charge on any atom is -0.385 e. The molecule has 0 aliphatic carbocycles. The van der Waals surface area contributed by atoms with E-state index in [1.165, 1.54) is 25.7 Å². The highest BCUT2D eigenvalue weighted by atomic mass is 16.5. The topological polar surface area (TPSA) is 39.1 Å². The fourth-order valence-corrected chi connectivity index (χ4v) is 2.23. The molecular formula is C15H29N3O. The van der Waals surface area contributed by atoms with Gasteiger partial charge in [-0.15, -0.1) is 0 Å². The van der Waals surface area contributed by atoms with Crippen LogP contribution in [0.3, 0.4) is 0 Å². The lowest BCUT2D eigenvalue weighted by molar-refractivity contribution is 0.197. The van der Waals surface area contributed by atoms with Crippen molar-refractivity contribution >= 4 is 5.95 Å². The number of methoxy groups -OCH3 is 1. The van der Waals surface area contributed by atoms with E-state index in [1.807, 2.05) is 0 Å². The van der Waals surface area contributed by atoms with Gasteiger partial charge in [-0.2, -0.15) is 0 Å². The van der Waals surface area contributed by atoms with E-state index in [9.17, 15) is 0 Å². The summed E-state index contributed by atoms with van der Waals surface area (Å²) >= 11 is 0. The Morgan fingerprint density at radius 1 is 1.37 bits per heavy atom. The molecule has 110 valence electrons. The van der Waals surface area contributed by atoms with E-state index < -0.39 is 0 Å². The van der Waals surface area contributed by atoms with Crippen LogP contribution in [-0.4, -0.2) is 29.8 Å². The van der Waals surface area contributed by atoms with Crippen molar-refractivity contribution in [2.45, 2.75) is 58.9 Å². The molecule has 1 N–H and O–H groups in total. The van der Waals surface area contributed by atoms with Crippen molar-refractivity contribution in [3.63, 3.8) is 0 Å². The number of aromatic nitrogens is 2. The Morgan fingerprint density at radius 2 is 2.16 bits per heavy atom. The van der Waals surface area contributed by atoms with Crippen LogP contribution in [0.15, 0.2) is 6.20 Å². The lowest BCUT2D eigenvalue weighted by atomic mass is 10.1. The number of ether oxygens (including phenoxy) is 1. The molecule has 0 amide bonds. The molecule has 0 spiro atoms. The van der Waals surface area contributed by atoms with Crippen molar-refractivity contribution in [3.05, 3.63) is 11.9 Å². The Kier molecular flexibility index (Phi) is 7.56. The van der Waals surface area contributed by atoms with Gasteiger partial charge in [-0.25, -0.2) is 4.98 Å². The van der Waals surface area contributed by atoms with Crippen LogP contribution in [-0.2, 0) is 4.74 Å². The summed E-state index contributed by atoms with van der Waals surface area (Å²) in [4.78, 5) is 4.57. The highest BCUT2D eigenvalue weighted by Crippen LogP contribution is 2.21. The molecule has 0 saturated heterocycles. The van der Waals surface area contributed by atoms with Crippen molar-refractivity contribution in [2.75, 3.05) is 25.6 Å². The quantitative estimate of drug-likeness (QED) is 0.656. The lowest BCUT2D eigenvalue weighted by Gasteiger charge is -2.16. The van der Waals surface area contributed by atoms with Crippen LogP contribution in [0.25, 0.3) is 0 Å². The van der Waals surface area contributed by atoms with E-state index in [2.05, 4.69) is 41.8 Å². The minimum absolute atomic E-state index is 0.512. The van der Waals surface area contributed by atoms with E-state index in [0.29, 0.717) is 6.04 Å². The third kappa shape index (κ3) is 5.64. The largest absolute Gasteiger partial charge is 0.385 e. The first-order valence-electron chi connectivity index (χ1n) is 7.47. The predicted molar refractivity (Wildman–Crippen MR) is 80.8 cm³/mol. The summed E-state index contributed by atoms with van der Waals surface area (Å²) in [7, 11) is 1.74. The van der Waals surface area contributed by atoms with Gasteiger partial charge in [-0.3, -0.25) is 0 Å². The maximum absolute atomic E-state index is 5.06. The van der Waals surface area contributed by atoms with Crippen LogP contribution in [0.5, 0.6) is 0 Å². The zero-order valence-corrected chi connectivity index (χ0v) is 12.9. The summed E-state index contributed by atoms with van der Waals surface area (Å²) in [5.41, 5.74) is 1.08. The average Bonchev–Trinajstić information content (AvgIpc) is 2.76. The van der Waals surface area contributed by atoms with E-state index in [0.717, 1.165) is 31.2 Å². The molecule has 1 aromatic rings. The highest BCUT2D eigenvalue weighted by Gasteiger charge is 2.11. The van der Waals surface area contributed by atoms with Gasteiger partial charge in [-0.1, -0.05) is 26.2 Å². The zero-order valence-electron chi connectivity index (χ0n) is 12.9. The Bertz CT molecular complexity index is 349. The number of hydrogen-bond donors (Lipinski definition) is 1. The standard InChI is InChI=1S/C15H29N3O/c1-5-6-7-9-14(3)18-12-13(2)17-15(18)16-10-8-11-19-4/h12,14H,5-11H2,1-4H3,(H,16,17). The van der Waals surface area contributed by atoms with Gasteiger partial charge in [-0.05, 0) is 26.7 Å². The van der Waals surface area contributed by atoms with E-state index in [4.69, 9.17) is 4.74 Å². The van der Waals surface area contributed by atoms with Gasteiger partial charge in [0.05, 0.1) is 5.69 Å². The monoisotopic (exact) mass is 267 g/mol. The minimum atomic E-state index is 0.512. The van der Waals surface area contributed by atoms with Crippen LogP contribution >= 0.6 is 0 Å². The molecule has 1 aromatic heterocycles. The highest BCUT2D eigenvalue weighted by molar-refractivity contribution is 5.29. The first-order chi connectivity index (χ1) is 9.19. The van der Waals surface area contributed by atoms with Gasteiger partial charge in [0, 0.05) is 32.5 Å². The number of hydrogen-bond acceptors (Lipinski definition) is 3. The van der Waals surface area contributed by atoms with Gasteiger partial charge in [0.2, 0.25) is 5.95 Å². The molecule has 0 fully saturated rings. The van der Waals surface area contributed by atoms with E-state index in [-0.39, 0.29) is 0 Å². The zero-order chi connectivity index (χ0) is 14.1. The fraction of sp³-hybridized carbons (Fsp3) is 0.800. The molecule has 0 aliphatic rings. The lowest BCUT2D eigenvalue weighted by Crippen LogP contribution is -2.12. The Morgan fingerprint density at radius 3 is 2.84 bits per heavy atom. The molecular weight excluding hydrogens is 238 g/mol. The van der Waals surface area contributed by atoms with Gasteiger partial charge in [0.25, 0.3) is 0 Å². The third-order valence-corrected chi connectivity index (χ3v) is 3.36. The van der Waals surface area contributed by atoms with Crippen LogP contribution in [0.1, 0.15) is 57.7 Å². The normalized spacial score (nSPS) is 12.6. The summed E-state index contributed by atoms with van der Waals surface area (Å²) in [5, 5.41) is 3.41. The Balaban J connectivity index is 2.51. The number of nitrogens with one attached hydrogen (secondary N) is 1. The number of rotatable bonds is 10. The molecule has 1 atom stereocenters. The van der Waals surface area contributed by atoms with Crippen molar-refractivity contribution in [1.29, 1.82) is 0 Å². The molecule has 1 unspecified atom stereocenters. The van der Waals surface area contributed by atoms with Gasteiger partial charge >= 0.3 is 0 Å². The summed E-state index contributed by atoms with van der Waals surface area (Å²) in [6.07, 6.45) is 8.25. The smallest absolute Gasteiger partial charge is 0.203 e. The summed E-state index contributed by atoms with van der Waals surface area (Å²) in [6.45, 7) is 8.27. The second-order valence-electron chi connectivity index (χ2n) is 5.23. The maximum Gasteiger partial charge on any atom is 0.203 e. The van der Waals surface area contributed by atoms with E-state index in [1.54, 1.807) is 7.11 Å². The van der Waals surface area contributed by atoms with Gasteiger partial charge < -0.3 is 14.6 Å². The van der Waals surface area contributed by atoms with Crippen molar-refractivity contribution in [2.24, 2.45) is 0 Å². The Labute approximate surface area is 117 Å². The Hall–Kier alpha value is -1.03. The summed E-state index contributed by atoms with van der Waals surface area (Å²) in [5.74, 6) is 0.998. The number of unbranched alkanes of at least 4 members (excludes halogenated alkanes) is 2. The van der Waals surface area contributed by atoms with Crippen molar-refractivity contribution in [1.82, 2.24) is 9.55 Å². The summed E-state index contributed by atoms with van der Waals surface area (Å²) < 4.78 is 7.34. The molecule has 0 aromatic carbocycles. The average molecular weight is 267 g/mol. The molecule has 4 heteroatoms. The number of nitrogens with zero attached hydrogens (tertiary/aromatic N) is 2. The van der Waals surface area contributed by atoms with Gasteiger partial charge in [0.15, 0.2) is 0 Å². The number of imidazole rings is 1. The number of aryl methyl sites for hydroxylation is 1. The van der Waals surface area contributed by atoms with Gasteiger partial charge in [0.1, 0.15) is 0 Å². The molecule has 0 saturated carbocycles. The summed E-state index contributed by atoms with van der Waals surface area (Å²) in [6, 6.07) is 0.512. The molecule has 19 heavy (non-hydrogen) atoms. The SMILES string of the molecule is CCCCCC(C)n1cc(C)nc1NCCCOC. The first-order valence-corrected chi connectivity index (χ1v) is 7.47. The van der Waals surface area contributed by atoms with Crippen LogP contribution in [0, 0.1) is 6.92 Å². The van der Waals surface area contributed by atoms with Crippen LogP contribution in [0.2, 0.25) is 0 Å². The molecule has 1 heterocycles. The maximum atomic E-state index is 5.06. The molecule has 0 aliphatic heterocycles. The van der Waals surface area contributed by atoms with Crippen LogP contribution < -0.4 is 5.32 Å². The molecule has 0 bridgehead atoms. The van der Waals surface area contributed by atoms with Crippen molar-refractivity contribution in [3.8, 4) is 0 Å². The number of anilines is 1. The molecule has 4 nitrogen and oxygen atoms in total. The van der Waals surface area contributed by atoms with E-state index >= 15 is 0 Å². The second-order valence-corrected chi connectivity index (χ2v) is 5.23. The third-order valence-electron chi connectivity index (χ3n) is 3.36. The molecule has 0 radical (unpaired) electrons. The first kappa shape index (κ1) is 16.0. The second kappa shape index (κ2) is 8.97. The van der Waals surface area contributed by atoms with Crippen LogP contribution in [0.4, 0.5) is 5.95 Å². The predicted octanol–water partition coefficient (Wildman–Crippen LogP) is 3.78. The fourth-order valence-electron chi connectivity index (χ4n) is 2.23.